The van der Waals surface area contributed by atoms with Crippen LogP contribution in [0.1, 0.15) is 20.7 Å². The van der Waals surface area contributed by atoms with E-state index in [-0.39, 0.29) is 22.6 Å². The third kappa shape index (κ3) is 4.16. The molecule has 0 saturated carbocycles. The molecule has 27 heavy (non-hydrogen) atoms. The molecule has 0 aliphatic rings. The number of nitrogens with one attached hydrogen (secondary N) is 3. The monoisotopic (exact) mass is 363 g/mol. The normalized spacial score (nSPS) is 10.1. The van der Waals surface area contributed by atoms with Gasteiger partial charge in [-0.1, -0.05) is 36.4 Å². The number of rotatable bonds is 5. The predicted octanol–water partition coefficient (Wildman–Crippen LogP) is 3.11. The number of hydrogen-bond acceptors (Lipinski definition) is 5. The number of hydrogen-bond donors (Lipinski definition) is 5. The topological polar surface area (TPSA) is 111 Å². The van der Waals surface area contributed by atoms with Crippen molar-refractivity contribution in [2.24, 2.45) is 0 Å². The Kier molecular flexibility index (Phi) is 5.22. The standard InChI is InChI=1S/C20H17N3O4/c24-17-11-5-1-7-13(17)19(26)21-15-9-3-4-10-16(15)22-23-20(27)14-8-2-6-12-18(14)25/h1-12,22,24-25H,(H,21,26)(H,23,27). The number of amides is 2. The summed E-state index contributed by atoms with van der Waals surface area (Å²) in [5, 5.41) is 22.2. The van der Waals surface area contributed by atoms with E-state index in [0.29, 0.717) is 11.4 Å². The second-order valence-electron chi connectivity index (χ2n) is 5.61. The molecular weight excluding hydrogens is 346 g/mol. The Balaban J connectivity index is 1.73. The van der Waals surface area contributed by atoms with E-state index in [1.807, 2.05) is 0 Å². The van der Waals surface area contributed by atoms with Gasteiger partial charge in [0.25, 0.3) is 11.8 Å². The molecule has 0 atom stereocenters. The van der Waals surface area contributed by atoms with E-state index in [9.17, 15) is 19.8 Å². The molecule has 3 rings (SSSR count). The van der Waals surface area contributed by atoms with Crippen molar-refractivity contribution in [1.82, 2.24) is 5.43 Å². The highest BCUT2D eigenvalue weighted by atomic mass is 16.3. The second-order valence-corrected chi connectivity index (χ2v) is 5.61. The number of phenolic OH excluding ortho intramolecular Hbond substituents is 2. The molecule has 0 unspecified atom stereocenters. The quantitative estimate of drug-likeness (QED) is 0.447. The molecule has 0 fully saturated rings. The van der Waals surface area contributed by atoms with Crippen molar-refractivity contribution in [2.75, 3.05) is 10.7 Å². The van der Waals surface area contributed by atoms with Crippen LogP contribution in [0.3, 0.4) is 0 Å². The molecule has 5 N–H and O–H groups in total. The molecule has 0 aliphatic heterocycles. The summed E-state index contributed by atoms with van der Waals surface area (Å²) >= 11 is 0. The lowest BCUT2D eigenvalue weighted by Gasteiger charge is -2.14. The SMILES string of the molecule is O=C(NNc1ccccc1NC(=O)c1ccccc1O)c1ccccc1O. The third-order valence-electron chi connectivity index (χ3n) is 3.78. The van der Waals surface area contributed by atoms with E-state index in [1.54, 1.807) is 48.5 Å². The van der Waals surface area contributed by atoms with Gasteiger partial charge in [0.2, 0.25) is 0 Å². The first kappa shape index (κ1) is 17.8. The van der Waals surface area contributed by atoms with Crippen LogP contribution in [0.25, 0.3) is 0 Å². The predicted molar refractivity (Wildman–Crippen MR) is 102 cm³/mol. The summed E-state index contributed by atoms with van der Waals surface area (Å²) < 4.78 is 0. The molecule has 0 spiro atoms. The van der Waals surface area contributed by atoms with Gasteiger partial charge in [0.05, 0.1) is 22.5 Å². The molecule has 3 aromatic rings. The minimum absolute atomic E-state index is 0.112. The van der Waals surface area contributed by atoms with Gasteiger partial charge in [-0.2, -0.15) is 0 Å². The van der Waals surface area contributed by atoms with Crippen molar-refractivity contribution in [3.63, 3.8) is 0 Å². The van der Waals surface area contributed by atoms with Crippen molar-refractivity contribution in [1.29, 1.82) is 0 Å². The Hall–Kier alpha value is -4.00. The molecule has 7 nitrogen and oxygen atoms in total. The first-order valence-corrected chi connectivity index (χ1v) is 8.09. The molecule has 7 heteroatoms. The van der Waals surface area contributed by atoms with Crippen LogP contribution >= 0.6 is 0 Å². The van der Waals surface area contributed by atoms with Crippen LogP contribution in [0, 0.1) is 0 Å². The molecule has 0 saturated heterocycles. The Bertz CT molecular complexity index is 988. The lowest BCUT2D eigenvalue weighted by Crippen LogP contribution is -2.30. The summed E-state index contributed by atoms with van der Waals surface area (Å²) in [6, 6.07) is 19.1. The smallest absolute Gasteiger partial charge is 0.273 e. The van der Waals surface area contributed by atoms with Crippen molar-refractivity contribution in [2.45, 2.75) is 0 Å². The van der Waals surface area contributed by atoms with Crippen LogP contribution in [0.15, 0.2) is 72.8 Å². The molecule has 0 heterocycles. The van der Waals surface area contributed by atoms with E-state index in [2.05, 4.69) is 16.2 Å². The highest BCUT2D eigenvalue weighted by Crippen LogP contribution is 2.23. The maximum Gasteiger partial charge on any atom is 0.273 e. The number of hydrazine groups is 1. The summed E-state index contributed by atoms with van der Waals surface area (Å²) in [6.07, 6.45) is 0. The molecule has 2 amide bonds. The maximum atomic E-state index is 12.4. The van der Waals surface area contributed by atoms with Crippen LogP contribution in [0.4, 0.5) is 11.4 Å². The Morgan fingerprint density at radius 2 is 1.11 bits per heavy atom. The number of aromatic hydroxyl groups is 2. The van der Waals surface area contributed by atoms with Gasteiger partial charge in [0.1, 0.15) is 11.5 Å². The molecule has 0 bridgehead atoms. The van der Waals surface area contributed by atoms with Crippen LogP contribution in [0.2, 0.25) is 0 Å². The number of para-hydroxylation sites is 4. The largest absolute Gasteiger partial charge is 0.507 e. The van der Waals surface area contributed by atoms with E-state index in [4.69, 9.17) is 0 Å². The highest BCUT2D eigenvalue weighted by molar-refractivity contribution is 6.07. The fraction of sp³-hybridized carbons (Fsp3) is 0. The van der Waals surface area contributed by atoms with Crippen molar-refractivity contribution >= 4 is 23.2 Å². The lowest BCUT2D eigenvalue weighted by atomic mass is 10.2. The van der Waals surface area contributed by atoms with Crippen molar-refractivity contribution in [3.05, 3.63) is 83.9 Å². The van der Waals surface area contributed by atoms with E-state index in [1.165, 1.54) is 24.3 Å². The molecule has 3 aromatic carbocycles. The van der Waals surface area contributed by atoms with Gasteiger partial charge in [0.15, 0.2) is 0 Å². The van der Waals surface area contributed by atoms with Gasteiger partial charge in [-0.25, -0.2) is 0 Å². The summed E-state index contributed by atoms with van der Waals surface area (Å²) in [5.74, 6) is -1.30. The Labute approximate surface area is 155 Å². The zero-order chi connectivity index (χ0) is 19.2. The van der Waals surface area contributed by atoms with Crippen molar-refractivity contribution < 1.29 is 19.8 Å². The molecule has 136 valence electrons. The van der Waals surface area contributed by atoms with Gasteiger partial charge in [-0.3, -0.25) is 20.4 Å². The fourth-order valence-corrected chi connectivity index (χ4v) is 2.41. The van der Waals surface area contributed by atoms with Gasteiger partial charge < -0.3 is 15.5 Å². The molecule has 0 radical (unpaired) electrons. The second kappa shape index (κ2) is 7.92. The van der Waals surface area contributed by atoms with E-state index < -0.39 is 11.8 Å². The molecule has 0 aromatic heterocycles. The van der Waals surface area contributed by atoms with Gasteiger partial charge >= 0.3 is 0 Å². The third-order valence-corrected chi connectivity index (χ3v) is 3.78. The Morgan fingerprint density at radius 3 is 1.70 bits per heavy atom. The zero-order valence-electron chi connectivity index (χ0n) is 14.1. The lowest BCUT2D eigenvalue weighted by molar-refractivity contribution is 0.0959. The average molecular weight is 363 g/mol. The summed E-state index contributed by atoms with van der Waals surface area (Å²) in [5.41, 5.74) is 6.28. The van der Waals surface area contributed by atoms with Crippen LogP contribution in [-0.2, 0) is 0 Å². The summed E-state index contributed by atoms with van der Waals surface area (Å²) in [4.78, 5) is 24.6. The van der Waals surface area contributed by atoms with E-state index >= 15 is 0 Å². The van der Waals surface area contributed by atoms with Crippen LogP contribution in [0.5, 0.6) is 11.5 Å². The number of anilines is 2. The number of carbonyl (C=O) groups is 2. The maximum absolute atomic E-state index is 12.4. The Morgan fingerprint density at radius 1 is 0.630 bits per heavy atom. The minimum Gasteiger partial charge on any atom is -0.507 e. The van der Waals surface area contributed by atoms with Gasteiger partial charge in [-0.15, -0.1) is 0 Å². The number of carbonyl (C=O) groups excluding carboxylic acids is 2. The van der Waals surface area contributed by atoms with Gasteiger partial charge in [0, 0.05) is 0 Å². The zero-order valence-corrected chi connectivity index (χ0v) is 14.1. The first-order valence-electron chi connectivity index (χ1n) is 8.09. The summed E-state index contributed by atoms with van der Waals surface area (Å²) in [7, 11) is 0. The first-order chi connectivity index (χ1) is 13.1. The molecule has 0 aliphatic carbocycles. The highest BCUT2D eigenvalue weighted by Gasteiger charge is 2.14. The van der Waals surface area contributed by atoms with Crippen LogP contribution in [-0.4, -0.2) is 22.0 Å². The number of phenols is 2. The minimum atomic E-state index is -0.532. The van der Waals surface area contributed by atoms with Gasteiger partial charge in [-0.05, 0) is 36.4 Å². The average Bonchev–Trinajstić information content (AvgIpc) is 2.67. The molecular formula is C20H17N3O4. The number of benzene rings is 3. The summed E-state index contributed by atoms with van der Waals surface area (Å²) in [6.45, 7) is 0. The van der Waals surface area contributed by atoms with E-state index in [0.717, 1.165) is 0 Å². The van der Waals surface area contributed by atoms with Crippen LogP contribution < -0.4 is 16.2 Å². The fourth-order valence-electron chi connectivity index (χ4n) is 2.41. The van der Waals surface area contributed by atoms with Crippen molar-refractivity contribution in [3.8, 4) is 11.5 Å².